The van der Waals surface area contributed by atoms with Crippen molar-refractivity contribution in [3.05, 3.63) is 35.9 Å². The molecule has 0 unspecified atom stereocenters. The summed E-state index contributed by atoms with van der Waals surface area (Å²) in [6, 6.07) is 10.7. The van der Waals surface area contributed by atoms with Crippen molar-refractivity contribution in [3.63, 3.8) is 0 Å². The van der Waals surface area contributed by atoms with Gasteiger partial charge in [-0.15, -0.1) is 0 Å². The fourth-order valence-corrected chi connectivity index (χ4v) is 2.99. The van der Waals surface area contributed by atoms with Crippen LogP contribution in [0.5, 0.6) is 0 Å². The zero-order valence-electron chi connectivity index (χ0n) is 14.2. The van der Waals surface area contributed by atoms with Crippen LogP contribution in [0.25, 0.3) is 0 Å². The second-order valence-electron chi connectivity index (χ2n) is 6.28. The monoisotopic (exact) mass is 317 g/mol. The molecule has 0 spiro atoms. The molecule has 2 N–H and O–H groups in total. The number of carbonyl (C=O) groups excluding carboxylic acids is 1. The third-order valence-corrected chi connectivity index (χ3v) is 4.34. The van der Waals surface area contributed by atoms with Crippen molar-refractivity contribution in [2.75, 3.05) is 39.3 Å². The zero-order chi connectivity index (χ0) is 16.2. The maximum Gasteiger partial charge on any atom is 0.222 e. The maximum absolute atomic E-state index is 11.5. The Morgan fingerprint density at radius 1 is 0.913 bits per heavy atom. The van der Waals surface area contributed by atoms with E-state index in [4.69, 9.17) is 0 Å². The summed E-state index contributed by atoms with van der Waals surface area (Å²) in [6.07, 6.45) is 6.50. The largest absolute Gasteiger partial charge is 0.343 e. The van der Waals surface area contributed by atoms with Crippen molar-refractivity contribution in [1.29, 1.82) is 0 Å². The second-order valence-corrected chi connectivity index (χ2v) is 6.28. The van der Waals surface area contributed by atoms with Crippen LogP contribution in [0.4, 0.5) is 0 Å². The summed E-state index contributed by atoms with van der Waals surface area (Å²) in [5.74, 6) is 0.335. The molecular formula is C19H31N3O. The van der Waals surface area contributed by atoms with Gasteiger partial charge in [0, 0.05) is 32.6 Å². The summed E-state index contributed by atoms with van der Waals surface area (Å²) in [5.41, 5.74) is 1.44. The molecule has 0 radical (unpaired) electrons. The van der Waals surface area contributed by atoms with Crippen LogP contribution in [0.15, 0.2) is 30.3 Å². The highest BCUT2D eigenvalue weighted by molar-refractivity contribution is 5.77. The van der Waals surface area contributed by atoms with Crippen molar-refractivity contribution in [2.45, 2.75) is 38.5 Å². The van der Waals surface area contributed by atoms with Crippen LogP contribution in [0.2, 0.25) is 0 Å². The zero-order valence-corrected chi connectivity index (χ0v) is 14.2. The van der Waals surface area contributed by atoms with Crippen molar-refractivity contribution in [1.82, 2.24) is 15.5 Å². The van der Waals surface area contributed by atoms with Gasteiger partial charge in [0.15, 0.2) is 0 Å². The third-order valence-electron chi connectivity index (χ3n) is 4.34. The highest BCUT2D eigenvalue weighted by Gasteiger charge is 2.18. The van der Waals surface area contributed by atoms with E-state index in [1.807, 2.05) is 4.90 Å². The first-order chi connectivity index (χ1) is 11.4. The normalized spacial score (nSPS) is 14.6. The van der Waals surface area contributed by atoms with Gasteiger partial charge in [-0.3, -0.25) is 4.79 Å². The Morgan fingerprint density at radius 3 is 2.35 bits per heavy atom. The Kier molecular flexibility index (Phi) is 8.74. The van der Waals surface area contributed by atoms with Gasteiger partial charge in [-0.1, -0.05) is 30.3 Å². The van der Waals surface area contributed by atoms with E-state index in [1.54, 1.807) is 0 Å². The lowest BCUT2D eigenvalue weighted by Gasteiger charge is -2.15. The number of unbranched alkanes of at least 4 members (excludes halogenated alkanes) is 1. The molecule has 1 amide bonds. The van der Waals surface area contributed by atoms with Crippen molar-refractivity contribution < 1.29 is 4.79 Å². The molecule has 23 heavy (non-hydrogen) atoms. The summed E-state index contributed by atoms with van der Waals surface area (Å²) >= 11 is 0. The van der Waals surface area contributed by atoms with Gasteiger partial charge in [0.2, 0.25) is 5.91 Å². The van der Waals surface area contributed by atoms with E-state index in [-0.39, 0.29) is 0 Å². The predicted octanol–water partition coefficient (Wildman–Crippen LogP) is 2.20. The number of likely N-dealkylation sites (tertiary alicyclic amines) is 1. The number of benzene rings is 1. The molecular weight excluding hydrogens is 286 g/mol. The van der Waals surface area contributed by atoms with E-state index < -0.39 is 0 Å². The number of carbonyl (C=O) groups is 1. The number of amides is 1. The van der Waals surface area contributed by atoms with E-state index >= 15 is 0 Å². The van der Waals surface area contributed by atoms with Gasteiger partial charge in [0.05, 0.1) is 0 Å². The van der Waals surface area contributed by atoms with Gasteiger partial charge in [-0.05, 0) is 50.8 Å². The summed E-state index contributed by atoms with van der Waals surface area (Å²) in [6.45, 7) is 6.00. The lowest BCUT2D eigenvalue weighted by atomic mass is 10.1. The van der Waals surface area contributed by atoms with Gasteiger partial charge < -0.3 is 15.5 Å². The molecule has 0 saturated carbocycles. The van der Waals surface area contributed by atoms with Crippen LogP contribution in [0.3, 0.4) is 0 Å². The standard InChI is InChI=1S/C19H31N3O/c23-19-11-6-16-22(19)17-7-13-21-15-14-20-12-5-4-10-18-8-2-1-3-9-18/h1-3,8-9,20-21H,4-7,10-17H2. The van der Waals surface area contributed by atoms with Crippen molar-refractivity contribution in [2.24, 2.45) is 0 Å². The Hall–Kier alpha value is -1.39. The summed E-state index contributed by atoms with van der Waals surface area (Å²) in [5, 5.41) is 6.92. The van der Waals surface area contributed by atoms with Gasteiger partial charge >= 0.3 is 0 Å². The first-order valence-corrected chi connectivity index (χ1v) is 9.09. The van der Waals surface area contributed by atoms with Gasteiger partial charge in [-0.2, -0.15) is 0 Å². The van der Waals surface area contributed by atoms with Crippen LogP contribution >= 0.6 is 0 Å². The van der Waals surface area contributed by atoms with Crippen molar-refractivity contribution in [3.8, 4) is 0 Å². The number of rotatable bonds is 12. The molecule has 1 fully saturated rings. The molecule has 1 aliphatic rings. The average molecular weight is 317 g/mol. The van der Waals surface area contributed by atoms with Crippen LogP contribution in [-0.2, 0) is 11.2 Å². The molecule has 4 heteroatoms. The Balaban J connectivity index is 1.32. The molecule has 4 nitrogen and oxygen atoms in total. The van der Waals surface area contributed by atoms with E-state index in [0.717, 1.165) is 58.5 Å². The van der Waals surface area contributed by atoms with E-state index in [9.17, 15) is 4.79 Å². The fourth-order valence-electron chi connectivity index (χ4n) is 2.99. The first kappa shape index (κ1) is 18.0. The number of aryl methyl sites for hydroxylation is 1. The first-order valence-electron chi connectivity index (χ1n) is 9.09. The molecule has 1 aromatic rings. The summed E-state index contributed by atoms with van der Waals surface area (Å²) in [7, 11) is 0. The van der Waals surface area contributed by atoms with Gasteiger partial charge in [0.1, 0.15) is 0 Å². The van der Waals surface area contributed by atoms with E-state index in [1.165, 1.54) is 24.8 Å². The maximum atomic E-state index is 11.5. The number of hydrogen-bond donors (Lipinski definition) is 2. The lowest BCUT2D eigenvalue weighted by Crippen LogP contribution is -2.31. The minimum Gasteiger partial charge on any atom is -0.343 e. The van der Waals surface area contributed by atoms with E-state index in [0.29, 0.717) is 5.91 Å². The van der Waals surface area contributed by atoms with Crippen LogP contribution in [0, 0.1) is 0 Å². The Morgan fingerprint density at radius 2 is 1.65 bits per heavy atom. The molecule has 0 aromatic heterocycles. The minimum absolute atomic E-state index is 0.335. The van der Waals surface area contributed by atoms with Crippen LogP contribution in [0.1, 0.15) is 37.7 Å². The Labute approximate surface area is 140 Å². The fraction of sp³-hybridized carbons (Fsp3) is 0.632. The second kappa shape index (κ2) is 11.2. The number of nitrogens with zero attached hydrogens (tertiary/aromatic N) is 1. The summed E-state index contributed by atoms with van der Waals surface area (Å²) < 4.78 is 0. The van der Waals surface area contributed by atoms with Gasteiger partial charge in [0.25, 0.3) is 0 Å². The third kappa shape index (κ3) is 7.62. The molecule has 1 saturated heterocycles. The SMILES string of the molecule is O=C1CCCN1CCCNCCNCCCCc1ccccc1. The average Bonchev–Trinajstić information content (AvgIpc) is 2.99. The molecule has 2 rings (SSSR count). The molecule has 0 aliphatic carbocycles. The molecule has 0 atom stereocenters. The molecule has 1 heterocycles. The molecule has 0 bridgehead atoms. The predicted molar refractivity (Wildman–Crippen MR) is 95.6 cm³/mol. The summed E-state index contributed by atoms with van der Waals surface area (Å²) in [4.78, 5) is 13.4. The quantitative estimate of drug-likeness (QED) is 0.581. The van der Waals surface area contributed by atoms with Crippen molar-refractivity contribution >= 4 is 5.91 Å². The van der Waals surface area contributed by atoms with Gasteiger partial charge in [-0.25, -0.2) is 0 Å². The Bertz CT molecular complexity index is 436. The highest BCUT2D eigenvalue weighted by Crippen LogP contribution is 2.09. The lowest BCUT2D eigenvalue weighted by molar-refractivity contribution is -0.127. The molecule has 1 aromatic carbocycles. The smallest absolute Gasteiger partial charge is 0.222 e. The minimum atomic E-state index is 0.335. The highest BCUT2D eigenvalue weighted by atomic mass is 16.2. The van der Waals surface area contributed by atoms with Crippen LogP contribution in [-0.4, -0.2) is 50.1 Å². The topological polar surface area (TPSA) is 44.4 Å². The molecule has 128 valence electrons. The number of nitrogens with one attached hydrogen (secondary N) is 2. The number of hydrogen-bond acceptors (Lipinski definition) is 3. The van der Waals surface area contributed by atoms with Crippen LogP contribution < -0.4 is 10.6 Å². The molecule has 1 aliphatic heterocycles. The van der Waals surface area contributed by atoms with E-state index in [2.05, 4.69) is 41.0 Å².